The zero-order valence-electron chi connectivity index (χ0n) is 18.1. The molecule has 2 atom stereocenters. The van der Waals surface area contributed by atoms with Gasteiger partial charge in [0.1, 0.15) is 12.0 Å². The second-order valence-electron chi connectivity index (χ2n) is 8.68. The largest absolute Gasteiger partial charge is 0.390 e. The standard InChI is InChI=1S/C25H21F2N5O2/c26-17-4-1-14(2-5-17)22-23(15-3-6-19-16(11-15)12-21(34)29-19)32-10-8-28-24(25(32)30-22)31-9-7-20(33)18(27)13-31/h1-6,8,10-11,18,20,33H,7,9,12-13H2,(H,29,34)/t18-,20+/m0/s1. The molecule has 2 aliphatic rings. The minimum Gasteiger partial charge on any atom is -0.390 e. The quantitative estimate of drug-likeness (QED) is 0.487. The van der Waals surface area contributed by atoms with E-state index < -0.39 is 12.3 Å². The molecular formula is C25H21F2N5O2. The summed E-state index contributed by atoms with van der Waals surface area (Å²) in [6.07, 6.45) is 1.67. The molecule has 0 bridgehead atoms. The number of anilines is 2. The molecule has 7 nitrogen and oxygen atoms in total. The van der Waals surface area contributed by atoms with Crippen molar-refractivity contribution in [3.8, 4) is 22.5 Å². The number of imidazole rings is 1. The number of hydrogen-bond acceptors (Lipinski definition) is 5. The predicted molar refractivity (Wildman–Crippen MR) is 124 cm³/mol. The zero-order valence-corrected chi connectivity index (χ0v) is 18.1. The summed E-state index contributed by atoms with van der Waals surface area (Å²) >= 11 is 0. The highest BCUT2D eigenvalue weighted by molar-refractivity contribution is 6.00. The number of fused-ring (bicyclic) bond motifs is 2. The van der Waals surface area contributed by atoms with Gasteiger partial charge < -0.3 is 15.3 Å². The van der Waals surface area contributed by atoms with Crippen molar-refractivity contribution in [1.29, 1.82) is 0 Å². The Morgan fingerprint density at radius 3 is 2.71 bits per heavy atom. The van der Waals surface area contributed by atoms with Crippen LogP contribution >= 0.6 is 0 Å². The van der Waals surface area contributed by atoms with Gasteiger partial charge in [-0.15, -0.1) is 0 Å². The van der Waals surface area contributed by atoms with Gasteiger partial charge in [0, 0.05) is 35.8 Å². The number of rotatable bonds is 3. The number of alkyl halides is 1. The number of aliphatic hydroxyl groups excluding tert-OH is 1. The Morgan fingerprint density at radius 1 is 1.12 bits per heavy atom. The molecule has 6 rings (SSSR count). The summed E-state index contributed by atoms with van der Waals surface area (Å²) in [5, 5.41) is 12.7. The number of benzene rings is 2. The number of amides is 1. The number of piperidine rings is 1. The summed E-state index contributed by atoms with van der Waals surface area (Å²) in [4.78, 5) is 23.0. The van der Waals surface area contributed by atoms with E-state index in [9.17, 15) is 18.7 Å². The Balaban J connectivity index is 1.55. The van der Waals surface area contributed by atoms with Crippen LogP contribution in [0.1, 0.15) is 12.0 Å². The van der Waals surface area contributed by atoms with Crippen LogP contribution < -0.4 is 10.2 Å². The molecule has 2 aromatic carbocycles. The second kappa shape index (κ2) is 7.88. The minimum absolute atomic E-state index is 0.0224. The van der Waals surface area contributed by atoms with Crippen LogP contribution in [0, 0.1) is 5.82 Å². The molecule has 4 aromatic rings. The Hall–Kier alpha value is -3.85. The normalized spacial score (nSPS) is 20.0. The average molecular weight is 461 g/mol. The summed E-state index contributed by atoms with van der Waals surface area (Å²) in [6, 6.07) is 11.8. The monoisotopic (exact) mass is 461 g/mol. The zero-order chi connectivity index (χ0) is 23.4. The first-order valence-electron chi connectivity index (χ1n) is 11.1. The van der Waals surface area contributed by atoms with Crippen LogP contribution in [-0.2, 0) is 11.2 Å². The van der Waals surface area contributed by atoms with Crippen LogP contribution in [0.4, 0.5) is 20.3 Å². The summed E-state index contributed by atoms with van der Waals surface area (Å²) in [6.45, 7) is 0.476. The number of nitrogens with zero attached hydrogens (tertiary/aromatic N) is 4. The second-order valence-corrected chi connectivity index (χ2v) is 8.68. The molecule has 1 amide bonds. The van der Waals surface area contributed by atoms with Crippen molar-refractivity contribution in [2.45, 2.75) is 25.1 Å². The van der Waals surface area contributed by atoms with E-state index in [1.807, 2.05) is 22.6 Å². The summed E-state index contributed by atoms with van der Waals surface area (Å²) in [5.41, 5.74) is 5.17. The van der Waals surface area contributed by atoms with Crippen molar-refractivity contribution in [2.75, 3.05) is 23.3 Å². The van der Waals surface area contributed by atoms with Crippen LogP contribution in [0.25, 0.3) is 28.2 Å². The van der Waals surface area contributed by atoms with Gasteiger partial charge in [0.15, 0.2) is 11.5 Å². The molecule has 0 radical (unpaired) electrons. The van der Waals surface area contributed by atoms with Crippen LogP contribution in [0.3, 0.4) is 0 Å². The lowest BCUT2D eigenvalue weighted by Crippen LogP contribution is -2.45. The molecule has 1 fully saturated rings. The Labute approximate surface area is 193 Å². The third-order valence-electron chi connectivity index (χ3n) is 6.45. The molecule has 1 saturated heterocycles. The molecular weight excluding hydrogens is 440 g/mol. The lowest BCUT2D eigenvalue weighted by atomic mass is 10.0. The molecule has 172 valence electrons. The van der Waals surface area contributed by atoms with Crippen LogP contribution in [0.5, 0.6) is 0 Å². The number of nitrogens with one attached hydrogen (secondary N) is 1. The first-order chi connectivity index (χ1) is 16.5. The van der Waals surface area contributed by atoms with Gasteiger partial charge in [0.25, 0.3) is 0 Å². The fourth-order valence-corrected chi connectivity index (χ4v) is 4.73. The van der Waals surface area contributed by atoms with Crippen molar-refractivity contribution >= 4 is 23.1 Å². The van der Waals surface area contributed by atoms with Crippen molar-refractivity contribution in [1.82, 2.24) is 14.4 Å². The molecule has 0 saturated carbocycles. The van der Waals surface area contributed by atoms with Gasteiger partial charge >= 0.3 is 0 Å². The van der Waals surface area contributed by atoms with E-state index >= 15 is 0 Å². The third-order valence-corrected chi connectivity index (χ3v) is 6.45. The van der Waals surface area contributed by atoms with E-state index in [0.717, 1.165) is 28.1 Å². The van der Waals surface area contributed by atoms with Crippen molar-refractivity contribution in [2.24, 2.45) is 0 Å². The lowest BCUT2D eigenvalue weighted by molar-refractivity contribution is -0.115. The summed E-state index contributed by atoms with van der Waals surface area (Å²) in [7, 11) is 0. The highest BCUT2D eigenvalue weighted by Gasteiger charge is 2.30. The average Bonchev–Trinajstić information content (AvgIpc) is 3.40. The van der Waals surface area contributed by atoms with Gasteiger partial charge in [-0.1, -0.05) is 6.07 Å². The van der Waals surface area contributed by atoms with E-state index in [1.54, 1.807) is 29.4 Å². The molecule has 4 heterocycles. The third kappa shape index (κ3) is 3.40. The van der Waals surface area contributed by atoms with E-state index in [1.165, 1.54) is 12.1 Å². The van der Waals surface area contributed by atoms with E-state index in [2.05, 4.69) is 10.3 Å². The number of aromatic nitrogens is 3. The van der Waals surface area contributed by atoms with Gasteiger partial charge in [0.05, 0.1) is 30.5 Å². The van der Waals surface area contributed by atoms with E-state index in [4.69, 9.17) is 4.98 Å². The van der Waals surface area contributed by atoms with E-state index in [-0.39, 0.29) is 18.3 Å². The molecule has 2 N–H and O–H groups in total. The molecule has 34 heavy (non-hydrogen) atoms. The molecule has 2 aromatic heterocycles. The molecule has 0 aliphatic carbocycles. The maximum absolute atomic E-state index is 14.3. The maximum Gasteiger partial charge on any atom is 0.228 e. The lowest BCUT2D eigenvalue weighted by Gasteiger charge is -2.32. The molecule has 2 aliphatic heterocycles. The molecule has 0 spiro atoms. The SMILES string of the molecule is O=C1Cc2cc(-c3c(-c4ccc(F)cc4)nc4c(N5CC[C@@H](O)[C@@H](F)C5)nccn34)ccc2N1. The van der Waals surface area contributed by atoms with Gasteiger partial charge in [-0.2, -0.15) is 0 Å². The molecule has 0 unspecified atom stereocenters. The minimum atomic E-state index is -1.37. The predicted octanol–water partition coefficient (Wildman–Crippen LogP) is 3.61. The summed E-state index contributed by atoms with van der Waals surface area (Å²) in [5.74, 6) is 0.118. The number of aliphatic hydroxyl groups is 1. The highest BCUT2D eigenvalue weighted by Crippen LogP contribution is 2.37. The van der Waals surface area contributed by atoms with E-state index in [0.29, 0.717) is 36.5 Å². The first-order valence-corrected chi connectivity index (χ1v) is 11.1. The van der Waals surface area contributed by atoms with Gasteiger partial charge in [-0.05, 0) is 48.4 Å². The fraction of sp³-hybridized carbons (Fsp3) is 0.240. The highest BCUT2D eigenvalue weighted by atomic mass is 19.1. The van der Waals surface area contributed by atoms with Crippen LogP contribution in [0.15, 0.2) is 54.9 Å². The van der Waals surface area contributed by atoms with Gasteiger partial charge in [-0.3, -0.25) is 9.20 Å². The smallest absolute Gasteiger partial charge is 0.228 e. The Bertz CT molecular complexity index is 1420. The number of carbonyl (C=O) groups is 1. The van der Waals surface area contributed by atoms with Crippen molar-refractivity contribution in [3.05, 3.63) is 66.2 Å². The fourth-order valence-electron chi connectivity index (χ4n) is 4.73. The Kier molecular flexibility index (Phi) is 4.80. The summed E-state index contributed by atoms with van der Waals surface area (Å²) < 4.78 is 29.9. The van der Waals surface area contributed by atoms with Gasteiger partial charge in [-0.25, -0.2) is 18.7 Å². The van der Waals surface area contributed by atoms with Crippen molar-refractivity contribution in [3.63, 3.8) is 0 Å². The van der Waals surface area contributed by atoms with Gasteiger partial charge in [0.2, 0.25) is 5.91 Å². The van der Waals surface area contributed by atoms with Crippen LogP contribution in [-0.4, -0.2) is 50.7 Å². The number of carbonyl (C=O) groups excluding carboxylic acids is 1. The maximum atomic E-state index is 14.3. The number of hydrogen-bond donors (Lipinski definition) is 2. The van der Waals surface area contributed by atoms with Crippen molar-refractivity contribution < 1.29 is 18.7 Å². The first kappa shape index (κ1) is 20.7. The number of halogens is 2. The Morgan fingerprint density at radius 2 is 1.91 bits per heavy atom. The molecule has 9 heteroatoms. The van der Waals surface area contributed by atoms with Crippen LogP contribution in [0.2, 0.25) is 0 Å². The topological polar surface area (TPSA) is 82.8 Å².